The SMILES string of the molecule is CCC(CC)C(CNc1ccc(C(=O)N2CCOCC2)cc1[N+](=O)[O-])N1CCCC1. The fourth-order valence-electron chi connectivity index (χ4n) is 4.63. The van der Waals surface area contributed by atoms with Crippen LogP contribution in [0.5, 0.6) is 0 Å². The highest BCUT2D eigenvalue weighted by molar-refractivity contribution is 5.95. The van der Waals surface area contributed by atoms with Gasteiger partial charge in [0, 0.05) is 37.3 Å². The van der Waals surface area contributed by atoms with Crippen LogP contribution < -0.4 is 5.32 Å². The van der Waals surface area contributed by atoms with Crippen molar-refractivity contribution in [3.63, 3.8) is 0 Å². The number of likely N-dealkylation sites (tertiary alicyclic amines) is 1. The summed E-state index contributed by atoms with van der Waals surface area (Å²) in [6, 6.07) is 5.13. The van der Waals surface area contributed by atoms with E-state index in [9.17, 15) is 14.9 Å². The number of nitro groups is 1. The number of morpholine rings is 1. The van der Waals surface area contributed by atoms with Crippen LogP contribution in [-0.2, 0) is 4.74 Å². The molecule has 0 spiro atoms. The molecule has 0 bridgehead atoms. The lowest BCUT2D eigenvalue weighted by atomic mass is 9.92. The molecule has 0 saturated carbocycles. The van der Waals surface area contributed by atoms with Gasteiger partial charge in [-0.05, 0) is 44.0 Å². The highest BCUT2D eigenvalue weighted by Gasteiger charge is 2.28. The number of hydrogen-bond acceptors (Lipinski definition) is 6. The standard InChI is InChI=1S/C22H34N4O4/c1-3-17(4-2)21(24-9-5-6-10-24)16-23-19-8-7-18(15-20(19)26(28)29)22(27)25-11-13-30-14-12-25/h7-8,15,17,21,23H,3-6,9-14,16H2,1-2H3. The van der Waals surface area contributed by atoms with E-state index in [0.29, 0.717) is 56.1 Å². The predicted octanol–water partition coefficient (Wildman–Crippen LogP) is 3.38. The van der Waals surface area contributed by atoms with Crippen molar-refractivity contribution in [3.8, 4) is 0 Å². The second kappa shape index (κ2) is 10.7. The molecule has 1 atom stereocenters. The van der Waals surface area contributed by atoms with Gasteiger partial charge in [-0.1, -0.05) is 26.7 Å². The van der Waals surface area contributed by atoms with E-state index in [1.165, 1.54) is 18.9 Å². The lowest BCUT2D eigenvalue weighted by Gasteiger charge is -2.34. The number of nitro benzene ring substituents is 1. The minimum Gasteiger partial charge on any atom is -0.378 e. The van der Waals surface area contributed by atoms with Crippen LogP contribution in [0.25, 0.3) is 0 Å². The molecule has 8 heteroatoms. The van der Waals surface area contributed by atoms with Gasteiger partial charge in [0.1, 0.15) is 5.69 Å². The minimum atomic E-state index is -0.402. The number of rotatable bonds is 9. The summed E-state index contributed by atoms with van der Waals surface area (Å²) in [5.41, 5.74) is 0.790. The Bertz CT molecular complexity index is 724. The Morgan fingerprint density at radius 3 is 2.43 bits per heavy atom. The fraction of sp³-hybridized carbons (Fsp3) is 0.682. The maximum Gasteiger partial charge on any atom is 0.293 e. The molecule has 30 heavy (non-hydrogen) atoms. The van der Waals surface area contributed by atoms with Crippen LogP contribution in [0.1, 0.15) is 49.9 Å². The number of carbonyl (C=O) groups is 1. The third kappa shape index (κ3) is 5.29. The predicted molar refractivity (Wildman–Crippen MR) is 117 cm³/mol. The molecule has 1 amide bonds. The first kappa shape index (κ1) is 22.5. The molecule has 2 fully saturated rings. The van der Waals surface area contributed by atoms with Gasteiger partial charge in [0.15, 0.2) is 0 Å². The number of nitrogens with one attached hydrogen (secondary N) is 1. The Morgan fingerprint density at radius 2 is 1.83 bits per heavy atom. The molecule has 1 unspecified atom stereocenters. The Kier molecular flexibility index (Phi) is 8.04. The van der Waals surface area contributed by atoms with Crippen molar-refractivity contribution in [2.45, 2.75) is 45.6 Å². The van der Waals surface area contributed by atoms with Gasteiger partial charge in [0.25, 0.3) is 11.6 Å². The van der Waals surface area contributed by atoms with Crippen molar-refractivity contribution in [2.75, 3.05) is 51.3 Å². The van der Waals surface area contributed by atoms with E-state index in [2.05, 4.69) is 24.1 Å². The third-order valence-corrected chi connectivity index (χ3v) is 6.44. The molecule has 1 aromatic carbocycles. The Balaban J connectivity index is 1.75. The van der Waals surface area contributed by atoms with E-state index in [0.717, 1.165) is 25.9 Å². The van der Waals surface area contributed by atoms with Crippen molar-refractivity contribution in [1.82, 2.24) is 9.80 Å². The summed E-state index contributed by atoms with van der Waals surface area (Å²) in [4.78, 5) is 28.2. The fourth-order valence-corrected chi connectivity index (χ4v) is 4.63. The van der Waals surface area contributed by atoms with Gasteiger partial charge < -0.3 is 15.0 Å². The minimum absolute atomic E-state index is 0.0428. The van der Waals surface area contributed by atoms with Gasteiger partial charge in [0.05, 0.1) is 18.1 Å². The van der Waals surface area contributed by atoms with Gasteiger partial charge in [-0.25, -0.2) is 0 Å². The highest BCUT2D eigenvalue weighted by atomic mass is 16.6. The zero-order valence-corrected chi connectivity index (χ0v) is 18.1. The van der Waals surface area contributed by atoms with Gasteiger partial charge in [0.2, 0.25) is 0 Å². The zero-order valence-electron chi connectivity index (χ0n) is 18.1. The molecule has 2 saturated heterocycles. The summed E-state index contributed by atoms with van der Waals surface area (Å²) >= 11 is 0. The van der Waals surface area contributed by atoms with Gasteiger partial charge in [-0.3, -0.25) is 19.8 Å². The van der Waals surface area contributed by atoms with Gasteiger partial charge >= 0.3 is 0 Å². The van der Waals surface area contributed by atoms with Gasteiger partial charge in [-0.15, -0.1) is 0 Å². The molecule has 166 valence electrons. The molecule has 2 aliphatic heterocycles. The quantitative estimate of drug-likeness (QED) is 0.489. The molecule has 0 aromatic heterocycles. The number of carbonyl (C=O) groups excluding carboxylic acids is 1. The average molecular weight is 419 g/mol. The number of nitrogens with zero attached hydrogens (tertiary/aromatic N) is 3. The molecular weight excluding hydrogens is 384 g/mol. The smallest absolute Gasteiger partial charge is 0.293 e. The maximum absolute atomic E-state index is 12.7. The van der Waals surface area contributed by atoms with Crippen LogP contribution >= 0.6 is 0 Å². The summed E-state index contributed by atoms with van der Waals surface area (Å²) in [5, 5.41) is 15.1. The number of hydrogen-bond donors (Lipinski definition) is 1. The normalized spacial score (nSPS) is 18.6. The van der Waals surface area contributed by atoms with Crippen LogP contribution in [-0.4, -0.2) is 72.6 Å². The molecule has 2 aliphatic rings. The second-order valence-electron chi connectivity index (χ2n) is 8.16. The number of anilines is 1. The third-order valence-electron chi connectivity index (χ3n) is 6.44. The first-order valence-electron chi connectivity index (χ1n) is 11.2. The van der Waals surface area contributed by atoms with E-state index in [1.54, 1.807) is 17.0 Å². The summed E-state index contributed by atoms with van der Waals surface area (Å²) in [6.45, 7) is 9.32. The molecular formula is C22H34N4O4. The molecule has 8 nitrogen and oxygen atoms in total. The number of ether oxygens (including phenoxy) is 1. The Hall–Kier alpha value is -2.19. The van der Waals surface area contributed by atoms with E-state index < -0.39 is 4.92 Å². The summed E-state index contributed by atoms with van der Waals surface area (Å²) in [7, 11) is 0. The summed E-state index contributed by atoms with van der Waals surface area (Å²) in [5.74, 6) is 0.372. The lowest BCUT2D eigenvalue weighted by molar-refractivity contribution is -0.384. The Morgan fingerprint density at radius 1 is 1.17 bits per heavy atom. The monoisotopic (exact) mass is 418 g/mol. The zero-order chi connectivity index (χ0) is 21.5. The summed E-state index contributed by atoms with van der Waals surface area (Å²) < 4.78 is 5.28. The Labute approximate surface area is 178 Å². The molecule has 2 heterocycles. The first-order chi connectivity index (χ1) is 14.5. The molecule has 1 aromatic rings. The van der Waals surface area contributed by atoms with Crippen molar-refractivity contribution in [1.29, 1.82) is 0 Å². The van der Waals surface area contributed by atoms with E-state index in [1.807, 2.05) is 0 Å². The first-order valence-corrected chi connectivity index (χ1v) is 11.2. The van der Waals surface area contributed by atoms with Crippen LogP contribution in [0.3, 0.4) is 0 Å². The van der Waals surface area contributed by atoms with Crippen molar-refractivity contribution in [3.05, 3.63) is 33.9 Å². The van der Waals surface area contributed by atoms with Crippen LogP contribution in [0, 0.1) is 16.0 Å². The molecule has 0 radical (unpaired) electrons. The maximum atomic E-state index is 12.7. The van der Waals surface area contributed by atoms with Crippen molar-refractivity contribution in [2.24, 2.45) is 5.92 Å². The molecule has 1 N–H and O–H groups in total. The molecule has 0 aliphatic carbocycles. The summed E-state index contributed by atoms with van der Waals surface area (Å²) in [6.07, 6.45) is 4.62. The van der Waals surface area contributed by atoms with Crippen LogP contribution in [0.4, 0.5) is 11.4 Å². The van der Waals surface area contributed by atoms with Gasteiger partial charge in [-0.2, -0.15) is 0 Å². The van der Waals surface area contributed by atoms with Crippen LogP contribution in [0.2, 0.25) is 0 Å². The van der Waals surface area contributed by atoms with Crippen molar-refractivity contribution < 1.29 is 14.5 Å². The average Bonchev–Trinajstić information content (AvgIpc) is 3.31. The highest BCUT2D eigenvalue weighted by Crippen LogP contribution is 2.28. The largest absolute Gasteiger partial charge is 0.378 e. The van der Waals surface area contributed by atoms with Crippen LogP contribution in [0.15, 0.2) is 18.2 Å². The number of benzene rings is 1. The van der Waals surface area contributed by atoms with Crippen molar-refractivity contribution >= 4 is 17.3 Å². The lowest BCUT2D eigenvalue weighted by Crippen LogP contribution is -2.43. The second-order valence-corrected chi connectivity index (χ2v) is 8.16. The molecule has 3 rings (SSSR count). The van der Waals surface area contributed by atoms with E-state index in [-0.39, 0.29) is 11.6 Å². The number of amides is 1. The van der Waals surface area contributed by atoms with E-state index in [4.69, 9.17) is 4.74 Å². The topological polar surface area (TPSA) is 88.0 Å². The van der Waals surface area contributed by atoms with E-state index >= 15 is 0 Å².